The molecular weight excluding hydrogens is 257 g/mol. The zero-order chi connectivity index (χ0) is 13.8. The molecule has 6 heteroatoms. The molecule has 0 fully saturated rings. The van der Waals surface area contributed by atoms with Crippen LogP contribution in [0.15, 0.2) is 18.2 Å². The molecule has 2 N–H and O–H groups in total. The van der Waals surface area contributed by atoms with Gasteiger partial charge in [-0.3, -0.25) is 0 Å². The van der Waals surface area contributed by atoms with Crippen molar-refractivity contribution in [3.8, 4) is 5.88 Å². The maximum absolute atomic E-state index is 13.0. The Bertz CT molecular complexity index is 645. The number of benzene rings is 1. The van der Waals surface area contributed by atoms with Crippen LogP contribution in [0.1, 0.15) is 24.2 Å². The molecule has 1 atom stereocenters. The molecule has 0 aliphatic carbocycles. The summed E-state index contributed by atoms with van der Waals surface area (Å²) in [6, 6.07) is 3.93. The summed E-state index contributed by atoms with van der Waals surface area (Å²) in [7, 11) is 0. The van der Waals surface area contributed by atoms with Crippen molar-refractivity contribution in [1.82, 2.24) is 9.88 Å². The van der Waals surface area contributed by atoms with Gasteiger partial charge < -0.3 is 15.0 Å². The molecule has 1 aromatic heterocycles. The molecule has 3 nitrogen and oxygen atoms in total. The maximum atomic E-state index is 13.0. The van der Waals surface area contributed by atoms with E-state index in [1.165, 1.54) is 6.07 Å². The van der Waals surface area contributed by atoms with Crippen LogP contribution < -0.4 is 5.32 Å². The van der Waals surface area contributed by atoms with Gasteiger partial charge in [0.05, 0.1) is 10.9 Å². The van der Waals surface area contributed by atoms with E-state index in [4.69, 9.17) is 0 Å². The van der Waals surface area contributed by atoms with Gasteiger partial charge in [0.15, 0.2) is 5.88 Å². The molecule has 0 radical (unpaired) electrons. The van der Waals surface area contributed by atoms with Crippen molar-refractivity contribution in [2.45, 2.75) is 25.7 Å². The van der Waals surface area contributed by atoms with E-state index >= 15 is 0 Å². The van der Waals surface area contributed by atoms with E-state index in [2.05, 4.69) is 5.32 Å². The largest absolute Gasteiger partial charge is 0.494 e. The second kappa shape index (κ2) is 3.90. The Morgan fingerprint density at radius 2 is 2.11 bits per heavy atom. The first kappa shape index (κ1) is 12.3. The van der Waals surface area contributed by atoms with Crippen molar-refractivity contribution in [3.05, 3.63) is 29.5 Å². The normalized spacial score (nSPS) is 19.7. The van der Waals surface area contributed by atoms with Crippen LogP contribution in [0.4, 0.5) is 13.2 Å². The van der Waals surface area contributed by atoms with Gasteiger partial charge in [0.1, 0.15) is 0 Å². The molecule has 1 aliphatic rings. The van der Waals surface area contributed by atoms with Gasteiger partial charge in [-0.25, -0.2) is 0 Å². The molecule has 102 valence electrons. The highest BCUT2D eigenvalue weighted by Crippen LogP contribution is 2.43. The summed E-state index contributed by atoms with van der Waals surface area (Å²) >= 11 is 0. The average Bonchev–Trinajstić information content (AvgIpc) is 2.64. The third-order valence-corrected chi connectivity index (χ3v) is 3.61. The smallest absolute Gasteiger partial charge is 0.417 e. The quantitative estimate of drug-likeness (QED) is 0.772. The number of nitrogens with zero attached hydrogens (tertiary/aromatic N) is 1. The van der Waals surface area contributed by atoms with E-state index in [9.17, 15) is 18.3 Å². The van der Waals surface area contributed by atoms with Crippen molar-refractivity contribution in [3.63, 3.8) is 0 Å². The molecule has 0 amide bonds. The summed E-state index contributed by atoms with van der Waals surface area (Å²) in [5, 5.41) is 13.7. The first-order valence-corrected chi connectivity index (χ1v) is 6.06. The minimum Gasteiger partial charge on any atom is -0.494 e. The van der Waals surface area contributed by atoms with Gasteiger partial charge in [0.2, 0.25) is 0 Å². The van der Waals surface area contributed by atoms with Gasteiger partial charge >= 0.3 is 6.18 Å². The van der Waals surface area contributed by atoms with Crippen LogP contribution in [-0.4, -0.2) is 16.2 Å². The zero-order valence-electron chi connectivity index (χ0n) is 10.3. The lowest BCUT2D eigenvalue weighted by molar-refractivity contribution is -0.136. The van der Waals surface area contributed by atoms with E-state index in [0.29, 0.717) is 24.2 Å². The van der Waals surface area contributed by atoms with Crippen LogP contribution in [0.3, 0.4) is 0 Å². The number of aromatic hydroxyl groups is 1. The Hall–Kier alpha value is -1.69. The van der Waals surface area contributed by atoms with Gasteiger partial charge in [-0.05, 0) is 13.0 Å². The molecule has 2 heterocycles. The predicted molar refractivity (Wildman–Crippen MR) is 65.0 cm³/mol. The predicted octanol–water partition coefficient (Wildman–Crippen LogP) is 3.03. The number of alkyl halides is 3. The SMILES string of the molecule is C[C@H]1NCCn2c1c1cccc(C(F)(F)F)c1c2O. The van der Waals surface area contributed by atoms with E-state index in [1.54, 1.807) is 10.6 Å². The highest BCUT2D eigenvalue weighted by atomic mass is 19.4. The number of rotatable bonds is 0. The van der Waals surface area contributed by atoms with E-state index in [0.717, 1.165) is 6.07 Å². The van der Waals surface area contributed by atoms with E-state index in [1.807, 2.05) is 6.92 Å². The summed E-state index contributed by atoms with van der Waals surface area (Å²) < 4.78 is 40.6. The lowest BCUT2D eigenvalue weighted by Gasteiger charge is -2.23. The van der Waals surface area contributed by atoms with E-state index in [-0.39, 0.29) is 17.3 Å². The van der Waals surface area contributed by atoms with Crippen molar-refractivity contribution >= 4 is 10.8 Å². The fourth-order valence-corrected chi connectivity index (χ4v) is 2.82. The summed E-state index contributed by atoms with van der Waals surface area (Å²) in [4.78, 5) is 0. The average molecular weight is 270 g/mol. The molecule has 2 aromatic rings. The standard InChI is InChI=1S/C13H13F3N2O/c1-7-11-8-3-2-4-9(13(14,15)16)10(8)12(19)18(11)6-5-17-7/h2-4,7,17,19H,5-6H2,1H3/t7-/m1/s1. The number of aromatic nitrogens is 1. The third kappa shape index (κ3) is 1.70. The minimum absolute atomic E-state index is 0.0827. The number of hydrogen-bond acceptors (Lipinski definition) is 2. The fraction of sp³-hybridized carbons (Fsp3) is 0.385. The maximum Gasteiger partial charge on any atom is 0.417 e. The Morgan fingerprint density at radius 3 is 2.79 bits per heavy atom. The number of fused-ring (bicyclic) bond motifs is 3. The van der Waals surface area contributed by atoms with Crippen molar-refractivity contribution in [2.24, 2.45) is 0 Å². The fourth-order valence-electron chi connectivity index (χ4n) is 2.82. The molecule has 0 saturated heterocycles. The van der Waals surface area contributed by atoms with Gasteiger partial charge in [0.25, 0.3) is 0 Å². The Balaban J connectivity index is 2.40. The molecule has 1 aromatic carbocycles. The molecule has 0 saturated carbocycles. The van der Waals surface area contributed by atoms with Crippen LogP contribution in [0.25, 0.3) is 10.8 Å². The zero-order valence-corrected chi connectivity index (χ0v) is 10.3. The van der Waals surface area contributed by atoms with Gasteiger partial charge in [-0.15, -0.1) is 0 Å². The highest BCUT2D eigenvalue weighted by Gasteiger charge is 2.36. The highest BCUT2D eigenvalue weighted by molar-refractivity contribution is 5.94. The number of nitrogens with one attached hydrogen (secondary N) is 1. The van der Waals surface area contributed by atoms with Crippen LogP contribution in [0, 0.1) is 0 Å². The van der Waals surface area contributed by atoms with Crippen molar-refractivity contribution < 1.29 is 18.3 Å². The second-order valence-corrected chi connectivity index (χ2v) is 4.76. The Morgan fingerprint density at radius 1 is 1.37 bits per heavy atom. The lowest BCUT2D eigenvalue weighted by Crippen LogP contribution is -2.31. The summed E-state index contributed by atoms with van der Waals surface area (Å²) in [5.41, 5.74) is -0.0681. The van der Waals surface area contributed by atoms with Crippen LogP contribution >= 0.6 is 0 Å². The molecule has 19 heavy (non-hydrogen) atoms. The number of hydrogen-bond donors (Lipinski definition) is 2. The van der Waals surface area contributed by atoms with Gasteiger partial charge in [0, 0.05) is 30.2 Å². The minimum atomic E-state index is -4.47. The first-order valence-electron chi connectivity index (χ1n) is 6.06. The van der Waals surface area contributed by atoms with E-state index < -0.39 is 11.7 Å². The molecule has 1 aliphatic heterocycles. The molecule has 0 bridgehead atoms. The lowest BCUT2D eigenvalue weighted by atomic mass is 10.0. The summed E-state index contributed by atoms with van der Waals surface area (Å²) in [5.74, 6) is -0.286. The third-order valence-electron chi connectivity index (χ3n) is 3.61. The molecular formula is C13H13F3N2O. The van der Waals surface area contributed by atoms with Crippen LogP contribution in [0.5, 0.6) is 5.88 Å². The van der Waals surface area contributed by atoms with Crippen LogP contribution in [-0.2, 0) is 12.7 Å². The Kier molecular flexibility index (Phi) is 2.53. The molecule has 0 unspecified atom stereocenters. The monoisotopic (exact) mass is 270 g/mol. The summed E-state index contributed by atoms with van der Waals surface area (Å²) in [6.45, 7) is 2.98. The number of halogens is 3. The first-order chi connectivity index (χ1) is 8.91. The Labute approximate surface area is 107 Å². The van der Waals surface area contributed by atoms with Crippen molar-refractivity contribution in [2.75, 3.05) is 6.54 Å². The van der Waals surface area contributed by atoms with Gasteiger partial charge in [-0.2, -0.15) is 13.2 Å². The molecule has 3 rings (SSSR count). The van der Waals surface area contributed by atoms with Gasteiger partial charge in [-0.1, -0.05) is 12.1 Å². The topological polar surface area (TPSA) is 37.2 Å². The second-order valence-electron chi connectivity index (χ2n) is 4.76. The van der Waals surface area contributed by atoms with Crippen molar-refractivity contribution in [1.29, 1.82) is 0 Å². The summed E-state index contributed by atoms with van der Waals surface area (Å²) in [6.07, 6.45) is -4.47. The van der Waals surface area contributed by atoms with Crippen LogP contribution in [0.2, 0.25) is 0 Å². The molecule has 0 spiro atoms.